The highest BCUT2D eigenvalue weighted by molar-refractivity contribution is 7.13. The van der Waals surface area contributed by atoms with Gasteiger partial charge in [0.1, 0.15) is 10.7 Å². The Hall–Kier alpha value is -2.99. The van der Waals surface area contributed by atoms with Gasteiger partial charge in [0.05, 0.1) is 16.8 Å². The molecule has 0 saturated carbocycles. The molecule has 0 fully saturated rings. The van der Waals surface area contributed by atoms with Crippen LogP contribution in [0, 0.1) is 25.2 Å². The second kappa shape index (κ2) is 9.67. The van der Waals surface area contributed by atoms with E-state index in [0.29, 0.717) is 21.5 Å². The number of ether oxygens (including phenoxy) is 1. The molecular weight excluding hydrogens is 418 g/mol. The lowest BCUT2D eigenvalue weighted by molar-refractivity contribution is -0.115. The zero-order valence-corrected chi connectivity index (χ0v) is 18.5. The van der Waals surface area contributed by atoms with E-state index in [4.69, 9.17) is 4.74 Å². The zero-order valence-electron chi connectivity index (χ0n) is 16.9. The SMILES string of the molecule is COCCNC(=O)/C(C#N)=c1\s/c(=C\c2ccc(C)s2)c(=O)n1-c1ccccc1C. The van der Waals surface area contributed by atoms with Gasteiger partial charge in [-0.05, 0) is 43.7 Å². The number of methoxy groups -OCH3 is 1. The number of rotatable bonds is 6. The lowest BCUT2D eigenvalue weighted by Crippen LogP contribution is -2.35. The number of benzene rings is 1. The van der Waals surface area contributed by atoms with Crippen molar-refractivity contribution in [2.45, 2.75) is 13.8 Å². The first-order chi connectivity index (χ1) is 14.5. The first kappa shape index (κ1) is 21.7. The van der Waals surface area contributed by atoms with Crippen LogP contribution in [-0.2, 0) is 9.53 Å². The van der Waals surface area contributed by atoms with E-state index in [0.717, 1.165) is 26.7 Å². The molecule has 0 radical (unpaired) electrons. The van der Waals surface area contributed by atoms with Crippen LogP contribution in [0.25, 0.3) is 17.3 Å². The van der Waals surface area contributed by atoms with E-state index in [9.17, 15) is 14.9 Å². The minimum atomic E-state index is -0.531. The molecule has 0 unspecified atom stereocenters. The Kier molecular flexibility index (Phi) is 7.00. The highest BCUT2D eigenvalue weighted by Gasteiger charge is 2.17. The molecule has 8 heteroatoms. The van der Waals surface area contributed by atoms with Gasteiger partial charge < -0.3 is 10.1 Å². The summed E-state index contributed by atoms with van der Waals surface area (Å²) in [6.07, 6.45) is 1.81. The van der Waals surface area contributed by atoms with Crippen molar-refractivity contribution < 1.29 is 9.53 Å². The molecule has 30 heavy (non-hydrogen) atoms. The molecular formula is C22H21N3O3S2. The lowest BCUT2D eigenvalue weighted by atomic mass is 10.2. The molecule has 2 heterocycles. The standard InChI is InChI=1S/C22H21N3O3S2/c1-14-6-4-5-7-18(14)25-21(27)19(12-16-9-8-15(2)29-16)30-22(25)17(13-23)20(26)24-10-11-28-3/h4-9,12H,10-11H2,1-3H3,(H,24,26)/b19-12-,22-17-. The monoisotopic (exact) mass is 439 g/mol. The van der Waals surface area contributed by atoms with Gasteiger partial charge in [0.25, 0.3) is 11.5 Å². The second-order valence-corrected chi connectivity index (χ2v) is 8.88. The average Bonchev–Trinajstić information content (AvgIpc) is 3.27. The molecule has 1 aromatic carbocycles. The van der Waals surface area contributed by atoms with Gasteiger partial charge in [0.2, 0.25) is 0 Å². The summed E-state index contributed by atoms with van der Waals surface area (Å²) in [6.45, 7) is 4.49. The van der Waals surface area contributed by atoms with E-state index in [1.165, 1.54) is 11.7 Å². The number of nitrogens with zero attached hydrogens (tertiary/aromatic N) is 2. The molecule has 1 amide bonds. The molecule has 0 aliphatic carbocycles. The van der Waals surface area contributed by atoms with Gasteiger partial charge in [-0.1, -0.05) is 18.2 Å². The number of para-hydroxylation sites is 1. The normalized spacial score (nSPS) is 12.5. The van der Waals surface area contributed by atoms with Crippen LogP contribution < -0.4 is 20.1 Å². The second-order valence-electron chi connectivity index (χ2n) is 6.53. The molecule has 2 aromatic heterocycles. The van der Waals surface area contributed by atoms with Crippen molar-refractivity contribution in [3.63, 3.8) is 0 Å². The fraction of sp³-hybridized carbons (Fsp3) is 0.227. The summed E-state index contributed by atoms with van der Waals surface area (Å²) in [5.41, 5.74) is 1.16. The predicted molar refractivity (Wildman–Crippen MR) is 120 cm³/mol. The van der Waals surface area contributed by atoms with E-state index in [2.05, 4.69) is 5.32 Å². The van der Waals surface area contributed by atoms with Gasteiger partial charge in [-0.25, -0.2) is 0 Å². The van der Waals surface area contributed by atoms with Gasteiger partial charge in [0, 0.05) is 23.4 Å². The molecule has 6 nitrogen and oxygen atoms in total. The number of aryl methyl sites for hydroxylation is 2. The first-order valence-corrected chi connectivity index (χ1v) is 10.9. The van der Waals surface area contributed by atoms with Crippen molar-refractivity contribution in [3.8, 4) is 11.8 Å². The number of nitrogens with one attached hydrogen (secondary N) is 1. The van der Waals surface area contributed by atoms with Crippen LogP contribution in [0.1, 0.15) is 15.3 Å². The van der Waals surface area contributed by atoms with Crippen molar-refractivity contribution in [3.05, 3.63) is 71.3 Å². The van der Waals surface area contributed by atoms with Gasteiger partial charge in [-0.3, -0.25) is 14.2 Å². The minimum Gasteiger partial charge on any atom is -0.383 e. The number of amides is 1. The van der Waals surface area contributed by atoms with Gasteiger partial charge in [-0.15, -0.1) is 22.7 Å². The molecule has 0 spiro atoms. The van der Waals surface area contributed by atoms with Gasteiger partial charge >= 0.3 is 0 Å². The number of thiophene rings is 1. The molecule has 0 atom stereocenters. The van der Waals surface area contributed by atoms with Crippen LogP contribution in [-0.4, -0.2) is 30.7 Å². The van der Waals surface area contributed by atoms with Crippen molar-refractivity contribution in [1.82, 2.24) is 9.88 Å². The Morgan fingerprint density at radius 3 is 2.63 bits per heavy atom. The smallest absolute Gasteiger partial charge is 0.273 e. The minimum absolute atomic E-state index is 0.0986. The van der Waals surface area contributed by atoms with E-state index < -0.39 is 5.91 Å². The Labute approximate surface area is 182 Å². The zero-order chi connectivity index (χ0) is 21.7. The summed E-state index contributed by atoms with van der Waals surface area (Å²) in [7, 11) is 1.53. The molecule has 154 valence electrons. The summed E-state index contributed by atoms with van der Waals surface area (Å²) < 4.78 is 7.18. The number of aromatic nitrogens is 1. The maximum Gasteiger partial charge on any atom is 0.273 e. The lowest BCUT2D eigenvalue weighted by Gasteiger charge is -2.07. The average molecular weight is 440 g/mol. The third-order valence-electron chi connectivity index (χ3n) is 4.36. The van der Waals surface area contributed by atoms with E-state index in [1.54, 1.807) is 17.4 Å². The summed E-state index contributed by atoms with van der Waals surface area (Å²) in [5.74, 6) is -0.531. The molecule has 0 aliphatic heterocycles. The third kappa shape index (κ3) is 4.60. The molecule has 1 N–H and O–H groups in total. The van der Waals surface area contributed by atoms with Crippen molar-refractivity contribution in [1.29, 1.82) is 5.26 Å². The Morgan fingerprint density at radius 1 is 1.23 bits per heavy atom. The number of thiazole rings is 1. The molecule has 3 rings (SSSR count). The predicted octanol–water partition coefficient (Wildman–Crippen LogP) is 1.84. The van der Waals surface area contributed by atoms with Crippen LogP contribution >= 0.6 is 22.7 Å². The molecule has 0 aliphatic rings. The number of carbonyl (C=O) groups excluding carboxylic acids is 1. The number of hydrogen-bond acceptors (Lipinski definition) is 6. The molecule has 3 aromatic rings. The van der Waals surface area contributed by atoms with Crippen molar-refractivity contribution >= 4 is 40.2 Å². The first-order valence-electron chi connectivity index (χ1n) is 9.24. The number of carbonyl (C=O) groups is 1. The highest BCUT2D eigenvalue weighted by Crippen LogP contribution is 2.15. The van der Waals surface area contributed by atoms with Crippen LogP contribution in [0.4, 0.5) is 0 Å². The fourth-order valence-electron chi connectivity index (χ4n) is 2.89. The summed E-state index contributed by atoms with van der Waals surface area (Å²) in [6, 6.07) is 13.3. The quantitative estimate of drug-likeness (QED) is 0.594. The largest absolute Gasteiger partial charge is 0.383 e. The van der Waals surface area contributed by atoms with Gasteiger partial charge in [-0.2, -0.15) is 5.26 Å². The third-order valence-corrected chi connectivity index (χ3v) is 6.40. The topological polar surface area (TPSA) is 84.1 Å². The van der Waals surface area contributed by atoms with Crippen LogP contribution in [0.2, 0.25) is 0 Å². The summed E-state index contributed by atoms with van der Waals surface area (Å²) in [4.78, 5) is 28.1. The summed E-state index contributed by atoms with van der Waals surface area (Å²) >= 11 is 2.72. The van der Waals surface area contributed by atoms with E-state index >= 15 is 0 Å². The van der Waals surface area contributed by atoms with E-state index in [-0.39, 0.29) is 17.7 Å². The maximum absolute atomic E-state index is 13.3. The number of hydrogen-bond donors (Lipinski definition) is 1. The molecule has 0 saturated heterocycles. The van der Waals surface area contributed by atoms with Crippen LogP contribution in [0.15, 0.2) is 41.2 Å². The Morgan fingerprint density at radius 2 is 2.00 bits per heavy atom. The highest BCUT2D eigenvalue weighted by atomic mass is 32.1. The Balaban J connectivity index is 2.31. The number of nitriles is 1. The maximum atomic E-state index is 13.3. The van der Waals surface area contributed by atoms with Crippen molar-refractivity contribution in [2.24, 2.45) is 0 Å². The fourth-order valence-corrected chi connectivity index (χ4v) is 4.88. The van der Waals surface area contributed by atoms with Crippen molar-refractivity contribution in [2.75, 3.05) is 20.3 Å². The molecule has 0 bridgehead atoms. The summed E-state index contributed by atoms with van der Waals surface area (Å²) in [5, 5.41) is 12.4. The Bertz CT molecular complexity index is 1290. The van der Waals surface area contributed by atoms with E-state index in [1.807, 2.05) is 56.3 Å². The van der Waals surface area contributed by atoms with Crippen LogP contribution in [0.5, 0.6) is 0 Å². The van der Waals surface area contributed by atoms with Gasteiger partial charge in [0.15, 0.2) is 5.57 Å². The van der Waals surface area contributed by atoms with Crippen LogP contribution in [0.3, 0.4) is 0 Å².